The maximum Gasteiger partial charge on any atom is 0.224 e. The SMILES string of the molecule is CCC(CNC(=O)C(C)C(C)N)Oc1cccc(F)c1. The largest absolute Gasteiger partial charge is 0.489 e. The first kappa shape index (κ1) is 16.4. The fourth-order valence-electron chi connectivity index (χ4n) is 1.62. The Morgan fingerprint density at radius 2 is 2.15 bits per heavy atom. The molecule has 0 spiro atoms. The zero-order valence-electron chi connectivity index (χ0n) is 12.2. The molecule has 20 heavy (non-hydrogen) atoms. The molecule has 1 amide bonds. The molecule has 112 valence electrons. The minimum Gasteiger partial charge on any atom is -0.489 e. The number of rotatable bonds is 7. The van der Waals surface area contributed by atoms with E-state index in [1.165, 1.54) is 12.1 Å². The molecule has 5 heteroatoms. The number of amides is 1. The molecule has 4 nitrogen and oxygen atoms in total. The first-order chi connectivity index (χ1) is 9.43. The third-order valence-corrected chi connectivity index (χ3v) is 3.26. The van der Waals surface area contributed by atoms with E-state index in [0.29, 0.717) is 18.7 Å². The lowest BCUT2D eigenvalue weighted by atomic mass is 10.0. The van der Waals surface area contributed by atoms with Gasteiger partial charge in [-0.3, -0.25) is 4.79 Å². The predicted molar refractivity (Wildman–Crippen MR) is 76.9 cm³/mol. The summed E-state index contributed by atoms with van der Waals surface area (Å²) in [6, 6.07) is 5.78. The highest BCUT2D eigenvalue weighted by Gasteiger charge is 2.18. The van der Waals surface area contributed by atoms with Crippen LogP contribution in [0.15, 0.2) is 24.3 Å². The van der Waals surface area contributed by atoms with Crippen LogP contribution in [0.3, 0.4) is 0 Å². The molecule has 0 aliphatic heterocycles. The topological polar surface area (TPSA) is 64.4 Å². The van der Waals surface area contributed by atoms with Gasteiger partial charge < -0.3 is 15.8 Å². The molecule has 0 saturated heterocycles. The summed E-state index contributed by atoms with van der Waals surface area (Å²) in [7, 11) is 0. The monoisotopic (exact) mass is 282 g/mol. The standard InChI is InChI=1S/C15H23FN2O2/c1-4-13(9-18-15(19)10(2)11(3)17)20-14-7-5-6-12(16)8-14/h5-8,10-11,13H,4,9,17H2,1-3H3,(H,18,19). The van der Waals surface area contributed by atoms with Crippen LogP contribution >= 0.6 is 0 Å². The second-order valence-corrected chi connectivity index (χ2v) is 5.00. The van der Waals surface area contributed by atoms with Crippen molar-refractivity contribution in [2.75, 3.05) is 6.54 Å². The van der Waals surface area contributed by atoms with Gasteiger partial charge in [-0.05, 0) is 25.5 Å². The summed E-state index contributed by atoms with van der Waals surface area (Å²) in [5.41, 5.74) is 5.68. The van der Waals surface area contributed by atoms with Crippen molar-refractivity contribution >= 4 is 5.91 Å². The van der Waals surface area contributed by atoms with Gasteiger partial charge in [0, 0.05) is 18.0 Å². The number of halogens is 1. The second kappa shape index (κ2) is 7.85. The number of nitrogens with one attached hydrogen (secondary N) is 1. The highest BCUT2D eigenvalue weighted by Crippen LogP contribution is 2.14. The van der Waals surface area contributed by atoms with E-state index in [9.17, 15) is 9.18 Å². The van der Waals surface area contributed by atoms with Crippen molar-refractivity contribution in [3.63, 3.8) is 0 Å². The van der Waals surface area contributed by atoms with Crippen molar-refractivity contribution in [1.29, 1.82) is 0 Å². The molecular formula is C15H23FN2O2. The molecule has 0 fully saturated rings. The van der Waals surface area contributed by atoms with Crippen LogP contribution in [0.5, 0.6) is 5.75 Å². The first-order valence-corrected chi connectivity index (χ1v) is 6.89. The Morgan fingerprint density at radius 3 is 2.70 bits per heavy atom. The van der Waals surface area contributed by atoms with E-state index in [2.05, 4.69) is 5.32 Å². The Balaban J connectivity index is 2.50. The van der Waals surface area contributed by atoms with Crippen LogP contribution in [0, 0.1) is 11.7 Å². The summed E-state index contributed by atoms with van der Waals surface area (Å²) in [5, 5.41) is 2.81. The molecule has 0 aliphatic carbocycles. The molecule has 3 N–H and O–H groups in total. The van der Waals surface area contributed by atoms with Gasteiger partial charge in [0.25, 0.3) is 0 Å². The average Bonchev–Trinajstić information content (AvgIpc) is 2.42. The van der Waals surface area contributed by atoms with Gasteiger partial charge in [0.2, 0.25) is 5.91 Å². The van der Waals surface area contributed by atoms with Crippen molar-refractivity contribution in [2.24, 2.45) is 11.7 Å². The van der Waals surface area contributed by atoms with Gasteiger partial charge in [0.15, 0.2) is 0 Å². The quantitative estimate of drug-likeness (QED) is 0.805. The number of nitrogens with two attached hydrogens (primary N) is 1. The van der Waals surface area contributed by atoms with Gasteiger partial charge in [0.1, 0.15) is 17.7 Å². The highest BCUT2D eigenvalue weighted by molar-refractivity contribution is 5.78. The van der Waals surface area contributed by atoms with E-state index < -0.39 is 0 Å². The molecule has 1 aromatic rings. The number of carbonyl (C=O) groups excluding carboxylic acids is 1. The van der Waals surface area contributed by atoms with Gasteiger partial charge in [-0.1, -0.05) is 19.9 Å². The van der Waals surface area contributed by atoms with E-state index in [-0.39, 0.29) is 29.8 Å². The molecule has 3 atom stereocenters. The lowest BCUT2D eigenvalue weighted by molar-refractivity contribution is -0.125. The van der Waals surface area contributed by atoms with Crippen LogP contribution in [0.1, 0.15) is 27.2 Å². The van der Waals surface area contributed by atoms with Crippen LogP contribution in [-0.2, 0) is 4.79 Å². The Kier molecular flexibility index (Phi) is 6.45. The van der Waals surface area contributed by atoms with E-state index in [4.69, 9.17) is 10.5 Å². The van der Waals surface area contributed by atoms with Crippen molar-refractivity contribution in [1.82, 2.24) is 5.32 Å². The average molecular weight is 282 g/mol. The molecule has 1 aromatic carbocycles. The fourth-order valence-corrected chi connectivity index (χ4v) is 1.62. The van der Waals surface area contributed by atoms with Crippen LogP contribution in [0.2, 0.25) is 0 Å². The van der Waals surface area contributed by atoms with Gasteiger partial charge in [-0.15, -0.1) is 0 Å². The highest BCUT2D eigenvalue weighted by atomic mass is 19.1. The lowest BCUT2D eigenvalue weighted by Crippen LogP contribution is -2.42. The van der Waals surface area contributed by atoms with Crippen LogP contribution in [-0.4, -0.2) is 24.6 Å². The Labute approximate surface area is 119 Å². The zero-order chi connectivity index (χ0) is 15.1. The van der Waals surface area contributed by atoms with Crippen LogP contribution in [0.25, 0.3) is 0 Å². The maximum absolute atomic E-state index is 13.1. The predicted octanol–water partition coefficient (Wildman–Crippen LogP) is 2.08. The van der Waals surface area contributed by atoms with Gasteiger partial charge in [0.05, 0.1) is 6.54 Å². The third kappa shape index (κ3) is 5.17. The molecule has 0 aliphatic rings. The lowest BCUT2D eigenvalue weighted by Gasteiger charge is -2.20. The molecular weight excluding hydrogens is 259 g/mol. The minimum atomic E-state index is -0.341. The van der Waals surface area contributed by atoms with E-state index in [1.807, 2.05) is 6.92 Å². The third-order valence-electron chi connectivity index (χ3n) is 3.26. The van der Waals surface area contributed by atoms with Crippen LogP contribution in [0.4, 0.5) is 4.39 Å². The maximum atomic E-state index is 13.1. The van der Waals surface area contributed by atoms with Crippen molar-refractivity contribution in [3.8, 4) is 5.75 Å². The van der Waals surface area contributed by atoms with Crippen molar-refractivity contribution < 1.29 is 13.9 Å². The van der Waals surface area contributed by atoms with E-state index in [1.54, 1.807) is 26.0 Å². The molecule has 0 radical (unpaired) electrons. The van der Waals surface area contributed by atoms with Gasteiger partial charge in [-0.2, -0.15) is 0 Å². The summed E-state index contributed by atoms with van der Waals surface area (Å²) in [6.07, 6.45) is 0.518. The van der Waals surface area contributed by atoms with Crippen molar-refractivity contribution in [3.05, 3.63) is 30.1 Å². The number of carbonyl (C=O) groups is 1. The van der Waals surface area contributed by atoms with Crippen molar-refractivity contribution in [2.45, 2.75) is 39.3 Å². The first-order valence-electron chi connectivity index (χ1n) is 6.89. The number of hydrogen-bond acceptors (Lipinski definition) is 3. The van der Waals surface area contributed by atoms with Crippen LogP contribution < -0.4 is 15.8 Å². The molecule has 1 rings (SSSR count). The smallest absolute Gasteiger partial charge is 0.224 e. The number of ether oxygens (including phenoxy) is 1. The normalized spacial score (nSPS) is 15.2. The fraction of sp³-hybridized carbons (Fsp3) is 0.533. The Hall–Kier alpha value is -1.62. The summed E-state index contributed by atoms with van der Waals surface area (Å²) < 4.78 is 18.7. The summed E-state index contributed by atoms with van der Waals surface area (Å²) in [6.45, 7) is 5.91. The summed E-state index contributed by atoms with van der Waals surface area (Å²) in [4.78, 5) is 11.8. The molecule has 0 aromatic heterocycles. The van der Waals surface area contributed by atoms with Gasteiger partial charge >= 0.3 is 0 Å². The van der Waals surface area contributed by atoms with Gasteiger partial charge in [-0.25, -0.2) is 4.39 Å². The Morgan fingerprint density at radius 1 is 1.45 bits per heavy atom. The molecule has 0 saturated carbocycles. The number of benzene rings is 1. The minimum absolute atomic E-state index is 0.0960. The Bertz CT molecular complexity index is 438. The zero-order valence-corrected chi connectivity index (χ0v) is 12.2. The molecule has 0 heterocycles. The molecule has 3 unspecified atom stereocenters. The summed E-state index contributed by atoms with van der Waals surface area (Å²) >= 11 is 0. The molecule has 0 bridgehead atoms. The van der Waals surface area contributed by atoms with E-state index >= 15 is 0 Å². The number of hydrogen-bond donors (Lipinski definition) is 2. The summed E-state index contributed by atoms with van der Waals surface area (Å²) in [5.74, 6) is -0.221. The second-order valence-electron chi connectivity index (χ2n) is 5.00. The van der Waals surface area contributed by atoms with E-state index in [0.717, 1.165) is 0 Å².